The zero-order valence-corrected chi connectivity index (χ0v) is 14.2. The molecule has 0 fully saturated rings. The molecule has 144 valence electrons. The first-order chi connectivity index (χ1) is 12.5. The normalized spacial score (nSPS) is 13.7. The first kappa shape index (κ1) is 20.3. The fraction of sp³-hybridized carbons (Fsp3) is 0.294. The second-order valence-electron chi connectivity index (χ2n) is 6.04. The van der Waals surface area contributed by atoms with E-state index in [1.54, 1.807) is 24.4 Å². The lowest BCUT2D eigenvalue weighted by molar-refractivity contribution is -0.388. The van der Waals surface area contributed by atoms with E-state index in [-0.39, 0.29) is 18.5 Å². The van der Waals surface area contributed by atoms with E-state index < -0.39 is 33.9 Å². The Labute approximate surface area is 152 Å². The highest BCUT2D eigenvalue weighted by atomic mass is 19.4. The Hall–Kier alpha value is -3.01. The van der Waals surface area contributed by atoms with Crippen molar-refractivity contribution in [2.75, 3.05) is 5.32 Å². The Balaban J connectivity index is 2.15. The highest BCUT2D eigenvalue weighted by Gasteiger charge is 2.39. The molecule has 0 bridgehead atoms. The molecule has 0 spiro atoms. The number of anilines is 1. The largest absolute Gasteiger partial charge is 0.423 e. The lowest BCUT2D eigenvalue weighted by atomic mass is 9.97. The van der Waals surface area contributed by atoms with Crippen LogP contribution in [0.5, 0.6) is 0 Å². The summed E-state index contributed by atoms with van der Waals surface area (Å²) in [7, 11) is 0. The predicted octanol–water partition coefficient (Wildman–Crippen LogP) is 3.33. The zero-order valence-electron chi connectivity index (χ0n) is 14.2. The summed E-state index contributed by atoms with van der Waals surface area (Å²) < 4.78 is 39.0. The molecule has 2 N–H and O–H groups in total. The number of hydrogen-bond acceptors (Lipinski definition) is 5. The van der Waals surface area contributed by atoms with Gasteiger partial charge in [0.15, 0.2) is 0 Å². The summed E-state index contributed by atoms with van der Waals surface area (Å²) in [5, 5.41) is 23.2. The van der Waals surface area contributed by atoms with Crippen LogP contribution in [-0.2, 0) is 17.4 Å². The first-order valence-electron chi connectivity index (χ1n) is 7.80. The Morgan fingerprint density at radius 2 is 2.00 bits per heavy atom. The van der Waals surface area contributed by atoms with Crippen LogP contribution in [0.15, 0.2) is 42.6 Å². The van der Waals surface area contributed by atoms with Crippen molar-refractivity contribution in [2.45, 2.75) is 31.5 Å². The third-order valence-corrected chi connectivity index (χ3v) is 3.84. The summed E-state index contributed by atoms with van der Waals surface area (Å²) in [6, 6.07) is 7.25. The first-order valence-corrected chi connectivity index (χ1v) is 7.80. The molecule has 0 aliphatic heterocycles. The van der Waals surface area contributed by atoms with E-state index in [1.165, 1.54) is 6.92 Å². The fourth-order valence-corrected chi connectivity index (χ4v) is 2.30. The minimum Gasteiger partial charge on any atom is -0.380 e. The van der Waals surface area contributed by atoms with Gasteiger partial charge in [0.25, 0.3) is 11.6 Å². The Morgan fingerprint density at radius 3 is 2.56 bits per heavy atom. The Bertz CT molecular complexity index is 839. The number of pyridine rings is 1. The number of aliphatic hydroxyl groups is 1. The van der Waals surface area contributed by atoms with Crippen LogP contribution in [0.2, 0.25) is 0 Å². The summed E-state index contributed by atoms with van der Waals surface area (Å²) >= 11 is 0. The van der Waals surface area contributed by atoms with Gasteiger partial charge in [-0.2, -0.15) is 13.2 Å². The quantitative estimate of drug-likeness (QED) is 0.588. The van der Waals surface area contributed by atoms with Gasteiger partial charge in [-0.25, -0.2) is 0 Å². The van der Waals surface area contributed by atoms with Crippen LogP contribution in [0, 0.1) is 10.1 Å². The summed E-state index contributed by atoms with van der Waals surface area (Å²) in [6.07, 6.45) is -3.16. The van der Waals surface area contributed by atoms with Gasteiger partial charge in [-0.1, -0.05) is 6.07 Å². The van der Waals surface area contributed by atoms with Crippen LogP contribution >= 0.6 is 0 Å². The van der Waals surface area contributed by atoms with Crippen molar-refractivity contribution in [1.82, 2.24) is 4.98 Å². The number of benzene rings is 1. The third-order valence-electron chi connectivity index (χ3n) is 3.84. The number of carbonyl (C=O) groups excluding carboxylic acids is 1. The van der Waals surface area contributed by atoms with Crippen molar-refractivity contribution in [3.05, 3.63) is 64.0 Å². The lowest BCUT2D eigenvalue weighted by Crippen LogP contribution is -2.40. The van der Waals surface area contributed by atoms with Gasteiger partial charge in [-0.05, 0) is 44.0 Å². The highest BCUT2D eigenvalue weighted by molar-refractivity contribution is 5.97. The van der Waals surface area contributed by atoms with Gasteiger partial charge in [-0.15, -0.1) is 0 Å². The number of nitro benzene ring substituents is 1. The van der Waals surface area contributed by atoms with Crippen LogP contribution < -0.4 is 5.32 Å². The van der Waals surface area contributed by atoms with Gasteiger partial charge in [0.2, 0.25) is 0 Å². The van der Waals surface area contributed by atoms with E-state index in [9.17, 15) is 33.2 Å². The number of amides is 1. The standard InChI is InChI=1S/C17H16F3N3O4/c1-16(25,8-7-11-4-2-3-9-21-11)15(24)22-12-5-6-14(23(26)27)13(10-12)17(18,19)20/h2-6,9-10,25H,7-8H2,1H3,(H,22,24)/t16-/m0/s1. The molecule has 1 aromatic heterocycles. The number of hydrogen-bond donors (Lipinski definition) is 2. The number of halogens is 3. The molecule has 0 aliphatic carbocycles. The molecule has 0 unspecified atom stereocenters. The SMILES string of the molecule is C[C@](O)(CCc1ccccn1)C(=O)Nc1ccc([N+](=O)[O-])c(C(F)(F)F)c1. The molecular weight excluding hydrogens is 367 g/mol. The van der Waals surface area contributed by atoms with Crippen molar-refractivity contribution >= 4 is 17.3 Å². The van der Waals surface area contributed by atoms with Gasteiger partial charge < -0.3 is 10.4 Å². The van der Waals surface area contributed by atoms with Crippen LogP contribution in [0.4, 0.5) is 24.5 Å². The maximum atomic E-state index is 13.0. The van der Waals surface area contributed by atoms with Crippen molar-refractivity contribution < 1.29 is 28.0 Å². The molecule has 2 rings (SSSR count). The monoisotopic (exact) mass is 383 g/mol. The van der Waals surface area contributed by atoms with Gasteiger partial charge >= 0.3 is 6.18 Å². The second-order valence-corrected chi connectivity index (χ2v) is 6.04. The summed E-state index contributed by atoms with van der Waals surface area (Å²) in [4.78, 5) is 25.9. The molecule has 1 aromatic carbocycles. The summed E-state index contributed by atoms with van der Waals surface area (Å²) in [5.74, 6) is -0.930. The minimum atomic E-state index is -4.97. The molecule has 0 saturated carbocycles. The average Bonchev–Trinajstić information content (AvgIpc) is 2.60. The van der Waals surface area contributed by atoms with E-state index in [1.807, 2.05) is 0 Å². The number of aryl methyl sites for hydroxylation is 1. The van der Waals surface area contributed by atoms with Crippen LogP contribution in [0.1, 0.15) is 24.6 Å². The smallest absolute Gasteiger partial charge is 0.380 e. The molecule has 1 amide bonds. The predicted molar refractivity (Wildman–Crippen MR) is 89.9 cm³/mol. The highest BCUT2D eigenvalue weighted by Crippen LogP contribution is 2.37. The molecular formula is C17H16F3N3O4. The van der Waals surface area contributed by atoms with Crippen molar-refractivity contribution in [3.8, 4) is 0 Å². The fourth-order valence-electron chi connectivity index (χ4n) is 2.30. The molecule has 7 nitrogen and oxygen atoms in total. The molecule has 1 heterocycles. The number of alkyl halides is 3. The molecule has 27 heavy (non-hydrogen) atoms. The van der Waals surface area contributed by atoms with E-state index in [2.05, 4.69) is 10.3 Å². The van der Waals surface area contributed by atoms with Crippen molar-refractivity contribution in [1.29, 1.82) is 0 Å². The zero-order chi connectivity index (χ0) is 20.2. The van der Waals surface area contributed by atoms with Gasteiger partial charge in [0.1, 0.15) is 11.2 Å². The number of nitrogens with zero attached hydrogens (tertiary/aromatic N) is 2. The van der Waals surface area contributed by atoms with Crippen LogP contribution in [0.3, 0.4) is 0 Å². The minimum absolute atomic E-state index is 0.0189. The summed E-state index contributed by atoms with van der Waals surface area (Å²) in [5.41, 5.74) is -4.16. The number of carbonyl (C=O) groups is 1. The van der Waals surface area contributed by atoms with Gasteiger partial charge in [-0.3, -0.25) is 19.9 Å². The number of nitro groups is 1. The molecule has 2 aromatic rings. The molecule has 1 atom stereocenters. The second kappa shape index (κ2) is 7.70. The number of nitrogens with one attached hydrogen (secondary N) is 1. The van der Waals surface area contributed by atoms with E-state index in [0.29, 0.717) is 17.8 Å². The van der Waals surface area contributed by atoms with Crippen LogP contribution in [0.25, 0.3) is 0 Å². The molecule has 0 saturated heterocycles. The molecule has 10 heteroatoms. The van der Waals surface area contributed by atoms with E-state index in [4.69, 9.17) is 0 Å². The van der Waals surface area contributed by atoms with E-state index >= 15 is 0 Å². The van der Waals surface area contributed by atoms with Crippen molar-refractivity contribution in [2.24, 2.45) is 0 Å². The number of aromatic nitrogens is 1. The van der Waals surface area contributed by atoms with E-state index in [0.717, 1.165) is 6.07 Å². The Morgan fingerprint density at radius 1 is 1.30 bits per heavy atom. The maximum absolute atomic E-state index is 13.0. The number of rotatable bonds is 6. The third kappa shape index (κ3) is 5.23. The Kier molecular flexibility index (Phi) is 5.79. The summed E-state index contributed by atoms with van der Waals surface area (Å²) in [6.45, 7) is 1.22. The van der Waals surface area contributed by atoms with Crippen molar-refractivity contribution in [3.63, 3.8) is 0 Å². The average molecular weight is 383 g/mol. The lowest BCUT2D eigenvalue weighted by Gasteiger charge is -2.22. The maximum Gasteiger partial charge on any atom is 0.423 e. The molecule has 0 aliphatic rings. The van der Waals surface area contributed by atoms with Gasteiger partial charge in [0, 0.05) is 23.6 Å². The van der Waals surface area contributed by atoms with Gasteiger partial charge in [0.05, 0.1) is 4.92 Å². The topological polar surface area (TPSA) is 105 Å². The van der Waals surface area contributed by atoms with Crippen LogP contribution in [-0.4, -0.2) is 26.5 Å². The molecule has 0 radical (unpaired) electrons.